The van der Waals surface area contributed by atoms with Crippen LogP contribution in [0, 0.1) is 6.92 Å². The average molecular weight is 368 g/mol. The van der Waals surface area contributed by atoms with Gasteiger partial charge in [0, 0.05) is 18.3 Å². The summed E-state index contributed by atoms with van der Waals surface area (Å²) in [5, 5.41) is 6.41. The zero-order chi connectivity index (χ0) is 19.1. The van der Waals surface area contributed by atoms with Crippen molar-refractivity contribution in [3.63, 3.8) is 0 Å². The van der Waals surface area contributed by atoms with E-state index in [2.05, 4.69) is 10.6 Å². The van der Waals surface area contributed by atoms with E-state index >= 15 is 0 Å². The van der Waals surface area contributed by atoms with Crippen LogP contribution in [0.2, 0.25) is 0 Å². The van der Waals surface area contributed by atoms with E-state index in [-0.39, 0.29) is 12.5 Å². The molecule has 2 N–H and O–H groups in total. The number of hydrogen-bond donors (Lipinski definition) is 2. The molecule has 0 aliphatic heterocycles. The fraction of sp³-hybridized carbons (Fsp3) is 0.409. The van der Waals surface area contributed by atoms with E-state index in [4.69, 9.17) is 9.47 Å². The van der Waals surface area contributed by atoms with Gasteiger partial charge in [-0.1, -0.05) is 36.6 Å². The molecule has 5 heteroatoms. The molecule has 1 saturated carbocycles. The van der Waals surface area contributed by atoms with Crippen LogP contribution in [0.5, 0.6) is 11.5 Å². The van der Waals surface area contributed by atoms with Gasteiger partial charge >= 0.3 is 0 Å². The predicted octanol–water partition coefficient (Wildman–Crippen LogP) is 4.05. The number of carbonyl (C=O) groups is 1. The van der Waals surface area contributed by atoms with Gasteiger partial charge in [0.25, 0.3) is 5.91 Å². The average Bonchev–Trinajstić information content (AvgIpc) is 3.20. The van der Waals surface area contributed by atoms with Gasteiger partial charge in [-0.3, -0.25) is 4.79 Å². The highest BCUT2D eigenvalue weighted by molar-refractivity contribution is 5.91. The quantitative estimate of drug-likeness (QED) is 0.738. The van der Waals surface area contributed by atoms with Crippen molar-refractivity contribution >= 4 is 11.6 Å². The van der Waals surface area contributed by atoms with E-state index < -0.39 is 0 Å². The Balaban J connectivity index is 1.52. The molecule has 0 atom stereocenters. The van der Waals surface area contributed by atoms with Crippen LogP contribution in [-0.4, -0.2) is 25.7 Å². The molecule has 1 amide bonds. The number of amides is 1. The Morgan fingerprint density at radius 2 is 1.81 bits per heavy atom. The van der Waals surface area contributed by atoms with Crippen molar-refractivity contribution in [1.29, 1.82) is 0 Å². The fourth-order valence-corrected chi connectivity index (χ4v) is 3.31. The molecule has 5 nitrogen and oxygen atoms in total. The van der Waals surface area contributed by atoms with Crippen molar-refractivity contribution in [2.24, 2.45) is 0 Å². The van der Waals surface area contributed by atoms with Crippen LogP contribution in [0.15, 0.2) is 42.5 Å². The van der Waals surface area contributed by atoms with E-state index in [0.29, 0.717) is 17.5 Å². The molecule has 0 spiro atoms. The monoisotopic (exact) mass is 368 g/mol. The van der Waals surface area contributed by atoms with Crippen molar-refractivity contribution in [3.8, 4) is 11.5 Å². The normalized spacial score (nSPS) is 14.1. The molecule has 3 rings (SSSR count). The van der Waals surface area contributed by atoms with E-state index in [1.54, 1.807) is 7.11 Å². The Kier molecular flexibility index (Phi) is 6.71. The minimum Gasteiger partial charge on any atom is -0.493 e. The lowest BCUT2D eigenvalue weighted by atomic mass is 10.1. The summed E-state index contributed by atoms with van der Waals surface area (Å²) in [6.07, 6.45) is 5.15. The number of hydrogen-bond acceptors (Lipinski definition) is 4. The summed E-state index contributed by atoms with van der Waals surface area (Å²) in [5.74, 6) is 1.01. The van der Waals surface area contributed by atoms with Crippen molar-refractivity contribution in [2.45, 2.75) is 45.2 Å². The lowest BCUT2D eigenvalue weighted by Crippen LogP contribution is -2.25. The van der Waals surface area contributed by atoms with Crippen molar-refractivity contribution in [2.75, 3.05) is 19.0 Å². The van der Waals surface area contributed by atoms with Crippen LogP contribution in [0.3, 0.4) is 0 Å². The van der Waals surface area contributed by atoms with Crippen LogP contribution in [0.1, 0.15) is 36.8 Å². The molecule has 2 aromatic rings. The maximum atomic E-state index is 12.1. The highest BCUT2D eigenvalue weighted by Gasteiger charge is 2.14. The Labute approximate surface area is 161 Å². The third-order valence-corrected chi connectivity index (χ3v) is 4.87. The lowest BCUT2D eigenvalue weighted by molar-refractivity contribution is -0.118. The lowest BCUT2D eigenvalue weighted by Gasteiger charge is -2.15. The van der Waals surface area contributed by atoms with E-state index in [1.165, 1.54) is 25.7 Å². The third kappa shape index (κ3) is 5.73. The number of ether oxygens (including phenoxy) is 2. The molecule has 0 unspecified atom stereocenters. The molecule has 1 aliphatic rings. The topological polar surface area (TPSA) is 59.6 Å². The largest absolute Gasteiger partial charge is 0.493 e. The van der Waals surface area contributed by atoms with Gasteiger partial charge in [0.2, 0.25) is 0 Å². The van der Waals surface area contributed by atoms with Crippen LogP contribution >= 0.6 is 0 Å². The van der Waals surface area contributed by atoms with Gasteiger partial charge in [0.05, 0.1) is 7.11 Å². The number of methoxy groups -OCH3 is 1. The first-order chi connectivity index (χ1) is 13.1. The summed E-state index contributed by atoms with van der Waals surface area (Å²) in [6, 6.07) is 14.1. The molecule has 0 heterocycles. The van der Waals surface area contributed by atoms with Crippen LogP contribution < -0.4 is 20.1 Å². The minimum atomic E-state index is -0.201. The number of benzene rings is 2. The zero-order valence-electron chi connectivity index (χ0n) is 16.1. The standard InChI is InChI=1S/C22H28N2O3/c1-16-7-10-19(11-8-16)24-22(25)15-27-20-12-9-17(13-21(20)26-2)14-23-18-5-3-4-6-18/h7-13,18,23H,3-6,14-15H2,1-2H3,(H,24,25). The van der Waals surface area contributed by atoms with Crippen molar-refractivity contribution in [3.05, 3.63) is 53.6 Å². The van der Waals surface area contributed by atoms with Crippen molar-refractivity contribution in [1.82, 2.24) is 5.32 Å². The third-order valence-electron chi connectivity index (χ3n) is 4.87. The summed E-state index contributed by atoms with van der Waals surface area (Å²) >= 11 is 0. The molecule has 0 saturated heterocycles. The van der Waals surface area contributed by atoms with Gasteiger partial charge in [0.15, 0.2) is 18.1 Å². The van der Waals surface area contributed by atoms with Gasteiger partial charge in [-0.25, -0.2) is 0 Å². The highest BCUT2D eigenvalue weighted by Crippen LogP contribution is 2.28. The first kappa shape index (κ1) is 19.2. The van der Waals surface area contributed by atoms with E-state index in [9.17, 15) is 4.79 Å². The summed E-state index contributed by atoms with van der Waals surface area (Å²) in [4.78, 5) is 12.1. The summed E-state index contributed by atoms with van der Waals surface area (Å²) in [6.45, 7) is 2.76. The second-order valence-electron chi connectivity index (χ2n) is 7.05. The molecule has 2 aromatic carbocycles. The van der Waals surface area contributed by atoms with E-state index in [1.807, 2.05) is 49.4 Å². The SMILES string of the molecule is COc1cc(CNC2CCCC2)ccc1OCC(=O)Nc1ccc(C)cc1. The number of carbonyl (C=O) groups excluding carboxylic acids is 1. The smallest absolute Gasteiger partial charge is 0.262 e. The summed E-state index contributed by atoms with van der Waals surface area (Å²) in [7, 11) is 1.61. The Hall–Kier alpha value is -2.53. The van der Waals surface area contributed by atoms with Gasteiger partial charge in [-0.2, -0.15) is 0 Å². The Morgan fingerprint density at radius 3 is 2.52 bits per heavy atom. The molecular weight excluding hydrogens is 340 g/mol. The summed E-state index contributed by atoms with van der Waals surface area (Å²) in [5.41, 5.74) is 3.06. The highest BCUT2D eigenvalue weighted by atomic mass is 16.5. The van der Waals surface area contributed by atoms with Gasteiger partial charge < -0.3 is 20.1 Å². The van der Waals surface area contributed by atoms with Crippen LogP contribution in [-0.2, 0) is 11.3 Å². The second-order valence-corrected chi connectivity index (χ2v) is 7.05. The molecule has 0 bridgehead atoms. The van der Waals surface area contributed by atoms with Crippen molar-refractivity contribution < 1.29 is 14.3 Å². The molecule has 27 heavy (non-hydrogen) atoms. The number of nitrogens with one attached hydrogen (secondary N) is 2. The maximum absolute atomic E-state index is 12.1. The number of anilines is 1. The van der Waals surface area contributed by atoms with Crippen LogP contribution in [0.25, 0.3) is 0 Å². The Bertz CT molecular complexity index is 753. The molecule has 0 aromatic heterocycles. The Morgan fingerprint density at radius 1 is 1.07 bits per heavy atom. The first-order valence-corrected chi connectivity index (χ1v) is 9.53. The first-order valence-electron chi connectivity index (χ1n) is 9.53. The number of aryl methyl sites for hydroxylation is 1. The second kappa shape index (κ2) is 9.42. The van der Waals surface area contributed by atoms with Crippen LogP contribution in [0.4, 0.5) is 5.69 Å². The van der Waals surface area contributed by atoms with Gasteiger partial charge in [-0.05, 0) is 49.6 Å². The molecule has 1 fully saturated rings. The zero-order valence-corrected chi connectivity index (χ0v) is 16.1. The fourth-order valence-electron chi connectivity index (χ4n) is 3.31. The van der Waals surface area contributed by atoms with Gasteiger partial charge in [-0.15, -0.1) is 0 Å². The number of rotatable bonds is 8. The predicted molar refractivity (Wildman–Crippen MR) is 107 cm³/mol. The molecule has 144 valence electrons. The summed E-state index contributed by atoms with van der Waals surface area (Å²) < 4.78 is 11.1. The van der Waals surface area contributed by atoms with Gasteiger partial charge in [0.1, 0.15) is 0 Å². The minimum absolute atomic E-state index is 0.0656. The molecule has 1 aliphatic carbocycles. The maximum Gasteiger partial charge on any atom is 0.262 e. The van der Waals surface area contributed by atoms with E-state index in [0.717, 1.165) is 23.4 Å². The molecular formula is C22H28N2O3. The molecule has 0 radical (unpaired) electrons.